The van der Waals surface area contributed by atoms with Crippen LogP contribution in [0.1, 0.15) is 43.2 Å². The van der Waals surface area contributed by atoms with E-state index in [1.54, 1.807) is 0 Å². The highest BCUT2D eigenvalue weighted by molar-refractivity contribution is 5.85. The van der Waals surface area contributed by atoms with Gasteiger partial charge in [0.25, 0.3) is 0 Å². The molecule has 138 valence electrons. The molecule has 0 amide bonds. The molecule has 4 heteroatoms. The molecule has 1 aliphatic rings. The smallest absolute Gasteiger partial charge is 0.0104 e. The van der Waals surface area contributed by atoms with E-state index >= 15 is 0 Å². The van der Waals surface area contributed by atoms with E-state index in [2.05, 4.69) is 72.5 Å². The van der Waals surface area contributed by atoms with E-state index in [9.17, 15) is 0 Å². The van der Waals surface area contributed by atoms with Crippen LogP contribution in [0.2, 0.25) is 0 Å². The molecule has 0 aliphatic carbocycles. The van der Waals surface area contributed by atoms with Crippen LogP contribution in [0.15, 0.2) is 60.7 Å². The van der Waals surface area contributed by atoms with Crippen molar-refractivity contribution in [2.45, 2.75) is 44.2 Å². The topological polar surface area (TPSA) is 29.3 Å². The number of halogens is 2. The summed E-state index contributed by atoms with van der Waals surface area (Å²) >= 11 is 0. The van der Waals surface area contributed by atoms with E-state index in [4.69, 9.17) is 5.73 Å². The van der Waals surface area contributed by atoms with Gasteiger partial charge in [0.15, 0.2) is 0 Å². The lowest BCUT2D eigenvalue weighted by atomic mass is 9.85. The number of benzene rings is 2. The summed E-state index contributed by atoms with van der Waals surface area (Å²) in [6, 6.07) is 22.8. The highest BCUT2D eigenvalue weighted by atomic mass is 35.5. The molecule has 0 saturated carbocycles. The molecule has 2 aromatic rings. The third-order valence-electron chi connectivity index (χ3n) is 5.18. The zero-order chi connectivity index (χ0) is 16.1. The van der Waals surface area contributed by atoms with E-state index in [1.807, 2.05) is 0 Å². The SMILES string of the molecule is CC(CC(c1ccccc1)c1ccccc1)N1CCC(N)CC1.Cl.Cl. The van der Waals surface area contributed by atoms with Crippen LogP contribution in [0.25, 0.3) is 0 Å². The first-order valence-corrected chi connectivity index (χ1v) is 8.83. The van der Waals surface area contributed by atoms with Crippen LogP contribution in [0.3, 0.4) is 0 Å². The van der Waals surface area contributed by atoms with Crippen molar-refractivity contribution < 1.29 is 0 Å². The lowest BCUT2D eigenvalue weighted by molar-refractivity contribution is 0.153. The molecule has 1 aliphatic heterocycles. The van der Waals surface area contributed by atoms with E-state index < -0.39 is 0 Å². The van der Waals surface area contributed by atoms with Crippen molar-refractivity contribution in [3.63, 3.8) is 0 Å². The number of nitrogens with two attached hydrogens (primary N) is 1. The van der Waals surface area contributed by atoms with Crippen LogP contribution < -0.4 is 5.73 Å². The largest absolute Gasteiger partial charge is 0.328 e. The summed E-state index contributed by atoms with van der Waals surface area (Å²) in [5.74, 6) is 0.461. The molecular formula is C21H30Cl2N2. The molecule has 0 aromatic heterocycles. The molecule has 0 radical (unpaired) electrons. The van der Waals surface area contributed by atoms with Crippen LogP contribution in [0.4, 0.5) is 0 Å². The first-order valence-electron chi connectivity index (χ1n) is 8.83. The van der Waals surface area contributed by atoms with Crippen molar-refractivity contribution in [1.82, 2.24) is 4.90 Å². The summed E-state index contributed by atoms with van der Waals surface area (Å²) in [7, 11) is 0. The van der Waals surface area contributed by atoms with Gasteiger partial charge in [-0.1, -0.05) is 60.7 Å². The standard InChI is InChI=1S/C21H28N2.2ClH/c1-17(23-14-12-20(22)13-15-23)16-21(18-8-4-2-5-9-18)19-10-6-3-7-11-19;;/h2-11,17,20-21H,12-16,22H2,1H3;2*1H. The highest BCUT2D eigenvalue weighted by Crippen LogP contribution is 2.31. The molecule has 1 atom stereocenters. The summed E-state index contributed by atoms with van der Waals surface area (Å²) in [5, 5.41) is 0. The predicted octanol–water partition coefficient (Wildman–Crippen LogP) is 4.86. The Morgan fingerprint density at radius 2 is 1.32 bits per heavy atom. The van der Waals surface area contributed by atoms with E-state index in [1.165, 1.54) is 11.1 Å². The van der Waals surface area contributed by atoms with Crippen molar-refractivity contribution in [3.8, 4) is 0 Å². The van der Waals surface area contributed by atoms with Gasteiger partial charge in [0, 0.05) is 18.0 Å². The Kier molecular flexibility index (Phi) is 9.52. The summed E-state index contributed by atoms with van der Waals surface area (Å²) in [6.45, 7) is 4.65. The van der Waals surface area contributed by atoms with Crippen molar-refractivity contribution in [3.05, 3.63) is 71.8 Å². The van der Waals surface area contributed by atoms with Gasteiger partial charge in [-0.15, -0.1) is 24.8 Å². The molecule has 1 fully saturated rings. The lowest BCUT2D eigenvalue weighted by Crippen LogP contribution is -2.44. The first kappa shape index (κ1) is 22.0. The van der Waals surface area contributed by atoms with Crippen LogP contribution in [0.5, 0.6) is 0 Å². The lowest BCUT2D eigenvalue weighted by Gasteiger charge is -2.36. The number of hydrogen-bond acceptors (Lipinski definition) is 2. The van der Waals surface area contributed by atoms with Gasteiger partial charge in [-0.3, -0.25) is 0 Å². The molecule has 1 saturated heterocycles. The van der Waals surface area contributed by atoms with E-state index in [-0.39, 0.29) is 24.8 Å². The number of nitrogens with zero attached hydrogens (tertiary/aromatic N) is 1. The molecule has 1 heterocycles. The molecule has 2 N–H and O–H groups in total. The molecular weight excluding hydrogens is 351 g/mol. The maximum Gasteiger partial charge on any atom is 0.0104 e. The zero-order valence-electron chi connectivity index (χ0n) is 14.9. The Balaban J connectivity index is 0.00000156. The second-order valence-corrected chi connectivity index (χ2v) is 6.83. The normalized spacial score (nSPS) is 16.8. The van der Waals surface area contributed by atoms with Crippen LogP contribution in [-0.4, -0.2) is 30.1 Å². The molecule has 2 nitrogen and oxygen atoms in total. The van der Waals surface area contributed by atoms with Gasteiger partial charge < -0.3 is 10.6 Å². The first-order chi connectivity index (χ1) is 11.2. The quantitative estimate of drug-likeness (QED) is 0.801. The van der Waals surface area contributed by atoms with Crippen LogP contribution in [0, 0.1) is 0 Å². The van der Waals surface area contributed by atoms with Crippen LogP contribution >= 0.6 is 24.8 Å². The van der Waals surface area contributed by atoms with Crippen molar-refractivity contribution in [2.75, 3.05) is 13.1 Å². The molecule has 0 spiro atoms. The second-order valence-electron chi connectivity index (χ2n) is 6.83. The summed E-state index contributed by atoms with van der Waals surface area (Å²) in [4.78, 5) is 2.61. The summed E-state index contributed by atoms with van der Waals surface area (Å²) < 4.78 is 0. The zero-order valence-corrected chi connectivity index (χ0v) is 16.5. The fourth-order valence-electron chi connectivity index (χ4n) is 3.69. The molecule has 25 heavy (non-hydrogen) atoms. The van der Waals surface area contributed by atoms with Crippen LogP contribution in [-0.2, 0) is 0 Å². The van der Waals surface area contributed by atoms with Gasteiger partial charge in [0.2, 0.25) is 0 Å². The van der Waals surface area contributed by atoms with Gasteiger partial charge >= 0.3 is 0 Å². The number of piperidine rings is 1. The van der Waals surface area contributed by atoms with Gasteiger partial charge in [0.1, 0.15) is 0 Å². The van der Waals surface area contributed by atoms with Gasteiger partial charge in [-0.25, -0.2) is 0 Å². The molecule has 0 bridgehead atoms. The maximum absolute atomic E-state index is 6.05. The second kappa shape index (κ2) is 10.8. The summed E-state index contributed by atoms with van der Waals surface area (Å²) in [5.41, 5.74) is 8.89. The van der Waals surface area contributed by atoms with E-state index in [0.717, 1.165) is 32.4 Å². The predicted molar refractivity (Wildman–Crippen MR) is 112 cm³/mol. The summed E-state index contributed by atoms with van der Waals surface area (Å²) in [6.07, 6.45) is 3.42. The number of hydrogen-bond donors (Lipinski definition) is 1. The Morgan fingerprint density at radius 3 is 1.76 bits per heavy atom. The number of rotatable bonds is 5. The Bertz CT molecular complexity index is 544. The Hall–Kier alpha value is -1.06. The minimum atomic E-state index is 0. The third kappa shape index (κ3) is 6.00. The number of likely N-dealkylation sites (tertiary alicyclic amines) is 1. The van der Waals surface area contributed by atoms with Crippen molar-refractivity contribution in [2.24, 2.45) is 5.73 Å². The average molecular weight is 381 g/mol. The highest BCUT2D eigenvalue weighted by Gasteiger charge is 2.24. The fourth-order valence-corrected chi connectivity index (χ4v) is 3.69. The average Bonchev–Trinajstić information content (AvgIpc) is 2.61. The Morgan fingerprint density at radius 1 is 0.880 bits per heavy atom. The van der Waals surface area contributed by atoms with Gasteiger partial charge in [0.05, 0.1) is 0 Å². The van der Waals surface area contributed by atoms with Crippen molar-refractivity contribution in [1.29, 1.82) is 0 Å². The minimum Gasteiger partial charge on any atom is -0.328 e. The fraction of sp³-hybridized carbons (Fsp3) is 0.429. The maximum atomic E-state index is 6.05. The molecule has 3 rings (SSSR count). The van der Waals surface area contributed by atoms with Crippen molar-refractivity contribution >= 4 is 24.8 Å². The van der Waals surface area contributed by atoms with Gasteiger partial charge in [-0.2, -0.15) is 0 Å². The van der Waals surface area contributed by atoms with E-state index in [0.29, 0.717) is 18.0 Å². The minimum absolute atomic E-state index is 0. The monoisotopic (exact) mass is 380 g/mol. The molecule has 2 aromatic carbocycles. The molecule has 1 unspecified atom stereocenters. The van der Waals surface area contributed by atoms with Gasteiger partial charge in [-0.05, 0) is 50.4 Å². The third-order valence-corrected chi connectivity index (χ3v) is 5.18. The Labute approximate surface area is 164 Å².